The third kappa shape index (κ3) is 10.1. The molecule has 0 bridgehead atoms. The summed E-state index contributed by atoms with van der Waals surface area (Å²) in [5.41, 5.74) is 6.23. The van der Waals surface area contributed by atoms with Crippen molar-refractivity contribution in [3.8, 4) is 11.5 Å². The van der Waals surface area contributed by atoms with Crippen molar-refractivity contribution < 1.29 is 13.9 Å². The Morgan fingerprint density at radius 3 is 1.29 bits per heavy atom. The molecule has 3 aromatic carbocycles. The minimum atomic E-state index is -4.67. The summed E-state index contributed by atoms with van der Waals surface area (Å²) in [6.07, 6.45) is 8.36. The van der Waals surface area contributed by atoms with Crippen LogP contribution in [0.1, 0.15) is 168 Å². The van der Waals surface area contributed by atoms with Gasteiger partial charge in [0.05, 0.1) is 0 Å². The molecular formula is C45H71O3P. The molecule has 0 unspecified atom stereocenters. The number of hydrogen-bond acceptors (Lipinski definition) is 3. The second kappa shape index (κ2) is 15.1. The van der Waals surface area contributed by atoms with Crippen LogP contribution in [0.4, 0.5) is 0 Å². The Labute approximate surface area is 301 Å². The van der Waals surface area contributed by atoms with Crippen molar-refractivity contribution in [3.63, 3.8) is 0 Å². The Morgan fingerprint density at radius 1 is 0.531 bits per heavy atom. The van der Waals surface area contributed by atoms with Crippen molar-refractivity contribution in [2.24, 2.45) is 0 Å². The average Bonchev–Trinajstić information content (AvgIpc) is 2.97. The van der Waals surface area contributed by atoms with Gasteiger partial charge in [-0.25, -0.2) is 0 Å². The van der Waals surface area contributed by atoms with Crippen molar-refractivity contribution in [2.45, 2.75) is 170 Å². The molecule has 0 saturated heterocycles. The fraction of sp³-hybridized carbons (Fsp3) is 0.600. The summed E-state index contributed by atoms with van der Waals surface area (Å²) >= 11 is 0. The molecule has 1 N–H and O–H groups in total. The van der Waals surface area contributed by atoms with E-state index in [0.717, 1.165) is 58.3 Å². The molecule has 274 valence electrons. The van der Waals surface area contributed by atoms with Gasteiger partial charge in [-0.15, -0.1) is 0 Å². The molecule has 0 fully saturated rings. The van der Waals surface area contributed by atoms with Gasteiger partial charge in [-0.3, -0.25) is 0 Å². The second-order valence-corrected chi connectivity index (χ2v) is 22.3. The van der Waals surface area contributed by atoms with Crippen LogP contribution in [0.25, 0.3) is 0 Å². The summed E-state index contributed by atoms with van der Waals surface area (Å²) in [5.74, 6) is 1.49. The van der Waals surface area contributed by atoms with E-state index < -0.39 is 7.28 Å². The van der Waals surface area contributed by atoms with Crippen LogP contribution in [0.5, 0.6) is 11.5 Å². The Bertz CT molecular complexity index is 1460. The van der Waals surface area contributed by atoms with E-state index in [2.05, 4.69) is 128 Å². The first-order valence-electron chi connectivity index (χ1n) is 18.9. The summed E-state index contributed by atoms with van der Waals surface area (Å²) in [4.78, 5) is 14.0. The number of rotatable bonds is 13. The third-order valence-corrected chi connectivity index (χ3v) is 13.4. The molecule has 3 nitrogen and oxygen atoms in total. The molecule has 0 amide bonds. The fourth-order valence-electron chi connectivity index (χ4n) is 6.56. The van der Waals surface area contributed by atoms with Gasteiger partial charge in [-0.1, -0.05) is 0 Å². The molecule has 0 aliphatic heterocycles. The van der Waals surface area contributed by atoms with Crippen molar-refractivity contribution in [3.05, 3.63) is 88.0 Å². The van der Waals surface area contributed by atoms with E-state index in [1.165, 1.54) is 36.8 Å². The summed E-state index contributed by atoms with van der Waals surface area (Å²) in [5, 5.41) is 0.734. The molecule has 4 heteroatoms. The van der Waals surface area contributed by atoms with Crippen LogP contribution in [0, 0.1) is 13.8 Å². The summed E-state index contributed by atoms with van der Waals surface area (Å²) in [6, 6.07) is 19.1. The minimum absolute atomic E-state index is 0.0325. The summed E-state index contributed by atoms with van der Waals surface area (Å²) in [7, 11) is -4.67. The molecule has 0 heterocycles. The molecule has 0 aliphatic rings. The van der Waals surface area contributed by atoms with E-state index in [0.29, 0.717) is 6.16 Å². The SMILES string of the molecule is CCCCCCCCCP(O)(Oc1c(C)cc(C(C)(C)C)cc1C(C)(C)C)(Oc1c(C)cc(C(C)(C)C)cc1C(C)(C)C)c1ccccc1. The normalized spacial score (nSPS) is 14.0. The number of benzene rings is 3. The standard InChI is InChI=1S/C45H71O3P/c1-16-17-18-19-20-21-25-28-49(46,37-26-23-22-24-27-37,47-40-33(2)29-35(42(4,5)6)31-38(40)44(10,11)12)48-41-34(3)30-36(43(7,8)9)32-39(41)45(13,14)15/h22-24,26-27,29-32,46H,16-21,25,28H2,1-15H3. The molecule has 0 atom stereocenters. The first kappa shape index (κ1) is 41.1. The Kier molecular flexibility index (Phi) is 12.7. The van der Waals surface area contributed by atoms with Crippen LogP contribution in [0.2, 0.25) is 0 Å². The van der Waals surface area contributed by atoms with Crippen molar-refractivity contribution in [2.75, 3.05) is 6.16 Å². The van der Waals surface area contributed by atoms with E-state index >= 15 is 0 Å². The monoisotopic (exact) mass is 691 g/mol. The first-order chi connectivity index (χ1) is 22.4. The molecular weight excluding hydrogens is 619 g/mol. The van der Waals surface area contributed by atoms with Crippen LogP contribution < -0.4 is 14.4 Å². The van der Waals surface area contributed by atoms with Crippen LogP contribution >= 0.6 is 7.28 Å². The molecule has 0 saturated carbocycles. The van der Waals surface area contributed by atoms with E-state index in [1.54, 1.807) is 0 Å². The molecule has 0 aliphatic carbocycles. The van der Waals surface area contributed by atoms with Gasteiger partial charge in [0.15, 0.2) is 0 Å². The van der Waals surface area contributed by atoms with Gasteiger partial charge < -0.3 is 0 Å². The maximum atomic E-state index is 14.0. The van der Waals surface area contributed by atoms with Crippen molar-refractivity contribution in [1.29, 1.82) is 0 Å². The van der Waals surface area contributed by atoms with Gasteiger partial charge in [-0.2, -0.15) is 0 Å². The second-order valence-electron chi connectivity index (χ2n) is 18.8. The zero-order chi connectivity index (χ0) is 37.1. The van der Waals surface area contributed by atoms with E-state index in [-0.39, 0.29) is 21.7 Å². The summed E-state index contributed by atoms with van der Waals surface area (Å²) < 4.78 is 14.9. The Balaban J connectivity index is 2.39. The van der Waals surface area contributed by atoms with E-state index in [1.807, 2.05) is 30.3 Å². The first-order valence-corrected chi connectivity index (χ1v) is 21.2. The van der Waals surface area contributed by atoms with Crippen molar-refractivity contribution in [1.82, 2.24) is 0 Å². The van der Waals surface area contributed by atoms with Crippen LogP contribution in [0.3, 0.4) is 0 Å². The zero-order valence-corrected chi connectivity index (χ0v) is 35.0. The fourth-order valence-corrected chi connectivity index (χ4v) is 10.0. The molecule has 0 aromatic heterocycles. The van der Waals surface area contributed by atoms with E-state index in [9.17, 15) is 4.89 Å². The third-order valence-electron chi connectivity index (χ3n) is 9.88. The molecule has 49 heavy (non-hydrogen) atoms. The van der Waals surface area contributed by atoms with Gasteiger partial charge in [0.25, 0.3) is 0 Å². The van der Waals surface area contributed by atoms with Gasteiger partial charge in [-0.05, 0) is 0 Å². The number of hydrogen-bond donors (Lipinski definition) is 1. The predicted molar refractivity (Wildman–Crippen MR) is 216 cm³/mol. The van der Waals surface area contributed by atoms with Crippen LogP contribution in [-0.2, 0) is 21.7 Å². The molecule has 0 spiro atoms. The quantitative estimate of drug-likeness (QED) is 0.143. The molecule has 3 rings (SSSR count). The van der Waals surface area contributed by atoms with Gasteiger partial charge in [0.2, 0.25) is 0 Å². The molecule has 0 radical (unpaired) electrons. The zero-order valence-electron chi connectivity index (χ0n) is 34.1. The van der Waals surface area contributed by atoms with Gasteiger partial charge in [0.1, 0.15) is 0 Å². The van der Waals surface area contributed by atoms with Gasteiger partial charge >= 0.3 is 303 Å². The molecule has 3 aromatic rings. The number of aryl methyl sites for hydroxylation is 2. The Morgan fingerprint density at radius 2 is 0.918 bits per heavy atom. The van der Waals surface area contributed by atoms with E-state index in [4.69, 9.17) is 9.05 Å². The van der Waals surface area contributed by atoms with Crippen LogP contribution in [-0.4, -0.2) is 11.1 Å². The predicted octanol–water partition coefficient (Wildman–Crippen LogP) is 13.3. The van der Waals surface area contributed by atoms with Crippen molar-refractivity contribution >= 4 is 12.6 Å². The summed E-state index contributed by atoms with van der Waals surface area (Å²) in [6.45, 7) is 33.5. The Hall–Kier alpha value is -2.35. The topological polar surface area (TPSA) is 38.7 Å². The number of unbranched alkanes of at least 4 members (excludes halogenated alkanes) is 6. The average molecular weight is 691 g/mol. The van der Waals surface area contributed by atoms with Gasteiger partial charge in [0, 0.05) is 0 Å². The maximum absolute atomic E-state index is 14.0. The van der Waals surface area contributed by atoms with Crippen LogP contribution in [0.15, 0.2) is 54.6 Å².